The minimum absolute atomic E-state index is 0.352. The maximum Gasteiger partial charge on any atom is 0.261 e. The van der Waals surface area contributed by atoms with Crippen LogP contribution in [0, 0.1) is 6.61 Å². The fourth-order valence-corrected chi connectivity index (χ4v) is 4.56. The molecule has 4 atom stereocenters. The predicted molar refractivity (Wildman–Crippen MR) is 150 cm³/mol. The van der Waals surface area contributed by atoms with Gasteiger partial charge in [0.1, 0.15) is 6.10 Å². The topological polar surface area (TPSA) is 46.2 Å². The van der Waals surface area contributed by atoms with Crippen LogP contribution in [0.4, 0.5) is 0 Å². The van der Waals surface area contributed by atoms with Crippen LogP contribution >= 0.6 is 0 Å². The minimum atomic E-state index is -0.417. The van der Waals surface area contributed by atoms with Gasteiger partial charge < -0.3 is 18.9 Å². The van der Waals surface area contributed by atoms with Gasteiger partial charge in [0.25, 0.3) is 12.7 Å². The Balaban J connectivity index is 1.32. The van der Waals surface area contributed by atoms with Gasteiger partial charge in [0, 0.05) is 0 Å². The molecule has 5 rings (SSSR count). The molecule has 39 heavy (non-hydrogen) atoms. The van der Waals surface area contributed by atoms with Crippen molar-refractivity contribution in [3.8, 4) is 0 Å². The van der Waals surface area contributed by atoms with E-state index in [1.807, 2.05) is 84.9 Å². The minimum Gasteiger partial charge on any atom is -0.374 e. The highest BCUT2D eigenvalue weighted by Gasteiger charge is 2.49. The smallest absolute Gasteiger partial charge is 0.261 e. The van der Waals surface area contributed by atoms with Crippen molar-refractivity contribution in [3.63, 3.8) is 0 Å². The first-order valence-electron chi connectivity index (χ1n) is 13.4. The standard InChI is InChI=1S/C34H35O5/c1-5-13-27(14-6-1)21-35-25-31-33(38-23-29-17-9-3-10-18-29)34(39-24-30-19-11-4-12-20-30)32(26-37-31)36-22-28-15-7-2-8-16-28/h1-20,26,31-34H,21-25H2/q+1/t31-,32+,33-,34-/m1/s1. The van der Waals surface area contributed by atoms with Crippen LogP contribution in [0.2, 0.25) is 0 Å². The second kappa shape index (κ2) is 14.6. The van der Waals surface area contributed by atoms with Crippen LogP contribution in [0.1, 0.15) is 22.3 Å². The van der Waals surface area contributed by atoms with Crippen LogP contribution in [-0.4, -0.2) is 31.0 Å². The van der Waals surface area contributed by atoms with Gasteiger partial charge in [-0.15, -0.1) is 0 Å². The molecule has 1 heterocycles. The van der Waals surface area contributed by atoms with Crippen molar-refractivity contribution in [1.82, 2.24) is 0 Å². The maximum absolute atomic E-state index is 6.55. The molecule has 4 aromatic rings. The molecule has 0 saturated carbocycles. The number of hydrogen-bond acceptors (Lipinski definition) is 5. The van der Waals surface area contributed by atoms with Crippen molar-refractivity contribution in [1.29, 1.82) is 0 Å². The lowest BCUT2D eigenvalue weighted by Gasteiger charge is -2.36. The Labute approximate surface area is 231 Å². The van der Waals surface area contributed by atoms with Crippen molar-refractivity contribution in [3.05, 3.63) is 150 Å². The highest BCUT2D eigenvalue weighted by Crippen LogP contribution is 2.29. The molecule has 0 N–H and O–H groups in total. The van der Waals surface area contributed by atoms with E-state index in [4.69, 9.17) is 23.7 Å². The van der Waals surface area contributed by atoms with Gasteiger partial charge >= 0.3 is 0 Å². The first-order valence-corrected chi connectivity index (χ1v) is 13.4. The molecule has 4 aromatic carbocycles. The van der Waals surface area contributed by atoms with E-state index in [2.05, 4.69) is 36.4 Å². The molecule has 0 spiro atoms. The molecule has 1 fully saturated rings. The van der Waals surface area contributed by atoms with Crippen LogP contribution in [-0.2, 0) is 50.1 Å². The molecule has 1 aliphatic heterocycles. The molecule has 0 amide bonds. The SMILES string of the molecule is c1ccc(COC[C@H]2O[CH+][C@H](OCc3ccccc3)[C@@H](OCc3ccccc3)[C@@H]2OCc2ccccc2)cc1. The second-order valence-electron chi connectivity index (χ2n) is 9.59. The number of hydrogen-bond donors (Lipinski definition) is 0. The molecule has 200 valence electrons. The summed E-state index contributed by atoms with van der Waals surface area (Å²) in [5.74, 6) is 0. The average molecular weight is 524 g/mol. The molecule has 1 aliphatic rings. The van der Waals surface area contributed by atoms with E-state index in [9.17, 15) is 0 Å². The summed E-state index contributed by atoms with van der Waals surface area (Å²) in [6, 6.07) is 40.5. The lowest BCUT2D eigenvalue weighted by Crippen LogP contribution is -2.55. The van der Waals surface area contributed by atoms with Crippen LogP contribution in [0.15, 0.2) is 121 Å². The zero-order chi connectivity index (χ0) is 26.5. The highest BCUT2D eigenvalue weighted by molar-refractivity contribution is 5.16. The normalized spacial score (nSPS) is 20.8. The summed E-state index contributed by atoms with van der Waals surface area (Å²) in [7, 11) is 0. The Morgan fingerprint density at radius 3 is 1.38 bits per heavy atom. The van der Waals surface area contributed by atoms with Crippen molar-refractivity contribution in [2.24, 2.45) is 0 Å². The Morgan fingerprint density at radius 2 is 0.897 bits per heavy atom. The number of benzene rings is 4. The van der Waals surface area contributed by atoms with Crippen molar-refractivity contribution in [2.75, 3.05) is 6.61 Å². The second-order valence-corrected chi connectivity index (χ2v) is 9.59. The third-order valence-electron chi connectivity index (χ3n) is 6.65. The van der Waals surface area contributed by atoms with Gasteiger partial charge in [-0.05, 0) is 22.3 Å². The van der Waals surface area contributed by atoms with Crippen LogP contribution in [0.5, 0.6) is 0 Å². The zero-order valence-corrected chi connectivity index (χ0v) is 22.0. The fourth-order valence-electron chi connectivity index (χ4n) is 4.56. The van der Waals surface area contributed by atoms with E-state index in [-0.39, 0.29) is 6.10 Å². The third-order valence-corrected chi connectivity index (χ3v) is 6.65. The average Bonchev–Trinajstić information content (AvgIpc) is 3.00. The Bertz CT molecular complexity index is 1200. The molecule has 1 saturated heterocycles. The monoisotopic (exact) mass is 523 g/mol. The zero-order valence-electron chi connectivity index (χ0n) is 22.0. The van der Waals surface area contributed by atoms with Gasteiger partial charge in [-0.1, -0.05) is 121 Å². The van der Waals surface area contributed by atoms with E-state index in [0.29, 0.717) is 33.0 Å². The summed E-state index contributed by atoms with van der Waals surface area (Å²) in [6.07, 6.45) is -1.57. The quantitative estimate of drug-likeness (QED) is 0.187. The largest absolute Gasteiger partial charge is 0.374 e. The van der Waals surface area contributed by atoms with Crippen LogP contribution in [0.3, 0.4) is 0 Å². The molecule has 0 unspecified atom stereocenters. The van der Waals surface area contributed by atoms with Crippen LogP contribution < -0.4 is 0 Å². The van der Waals surface area contributed by atoms with E-state index in [0.717, 1.165) is 22.3 Å². The van der Waals surface area contributed by atoms with E-state index in [1.165, 1.54) is 0 Å². The van der Waals surface area contributed by atoms with Crippen molar-refractivity contribution >= 4 is 0 Å². The van der Waals surface area contributed by atoms with Gasteiger partial charge in [-0.25, -0.2) is 0 Å². The lowest BCUT2D eigenvalue weighted by atomic mass is 9.99. The Hall–Kier alpha value is -3.45. The number of ether oxygens (including phenoxy) is 5. The van der Waals surface area contributed by atoms with E-state index in [1.54, 1.807) is 6.61 Å². The molecule has 0 aliphatic carbocycles. The Morgan fingerprint density at radius 1 is 0.487 bits per heavy atom. The van der Waals surface area contributed by atoms with Gasteiger partial charge in [-0.3, -0.25) is 0 Å². The lowest BCUT2D eigenvalue weighted by molar-refractivity contribution is -0.227. The predicted octanol–water partition coefficient (Wildman–Crippen LogP) is 6.52. The fraction of sp³-hybridized carbons (Fsp3) is 0.265. The van der Waals surface area contributed by atoms with Gasteiger partial charge in [0.15, 0.2) is 12.2 Å². The summed E-state index contributed by atoms with van der Waals surface area (Å²) < 4.78 is 31.8. The van der Waals surface area contributed by atoms with Crippen molar-refractivity contribution < 1.29 is 23.7 Å². The molecular weight excluding hydrogens is 488 g/mol. The first kappa shape index (κ1) is 27.1. The van der Waals surface area contributed by atoms with E-state index < -0.39 is 18.3 Å². The summed E-state index contributed by atoms with van der Waals surface area (Å²) in [5.41, 5.74) is 4.37. The van der Waals surface area contributed by atoms with Gasteiger partial charge in [0.2, 0.25) is 0 Å². The van der Waals surface area contributed by atoms with Crippen molar-refractivity contribution in [2.45, 2.75) is 50.8 Å². The summed E-state index contributed by atoms with van der Waals surface area (Å²) in [5, 5.41) is 0. The van der Waals surface area contributed by atoms with E-state index >= 15 is 0 Å². The molecule has 0 aromatic heterocycles. The third kappa shape index (κ3) is 8.27. The van der Waals surface area contributed by atoms with Gasteiger partial charge in [0.05, 0.1) is 33.0 Å². The molecule has 5 nitrogen and oxygen atoms in total. The molecular formula is C34H35O5+. The van der Waals surface area contributed by atoms with Crippen LogP contribution in [0.25, 0.3) is 0 Å². The first-order chi connectivity index (χ1) is 19.3. The summed E-state index contributed by atoms with van der Waals surface area (Å²) in [6.45, 7) is 3.92. The summed E-state index contributed by atoms with van der Waals surface area (Å²) >= 11 is 0. The summed E-state index contributed by atoms with van der Waals surface area (Å²) in [4.78, 5) is 0. The number of rotatable bonds is 13. The van der Waals surface area contributed by atoms with Gasteiger partial charge in [-0.2, -0.15) is 4.74 Å². The molecule has 0 radical (unpaired) electrons. The maximum atomic E-state index is 6.55. The highest BCUT2D eigenvalue weighted by atomic mass is 16.6. The Kier molecular flexibility index (Phi) is 10.2. The molecule has 0 bridgehead atoms. The molecule has 5 heteroatoms.